The molecule has 126 valence electrons. The molecular formula is C15H15N3O5S. The minimum Gasteiger partial charge on any atom is -0.481 e. The van der Waals surface area contributed by atoms with Crippen molar-refractivity contribution in [3.05, 3.63) is 39.9 Å². The number of carboxylic acids is 1. The predicted molar refractivity (Wildman–Crippen MR) is 89.8 cm³/mol. The lowest BCUT2D eigenvalue weighted by molar-refractivity contribution is -0.385. The molecule has 0 aliphatic carbocycles. The first-order valence-corrected chi connectivity index (χ1v) is 7.57. The summed E-state index contributed by atoms with van der Waals surface area (Å²) in [6, 6.07) is 4.58. The van der Waals surface area contributed by atoms with Crippen molar-refractivity contribution in [2.45, 2.75) is 26.3 Å². The van der Waals surface area contributed by atoms with Crippen molar-refractivity contribution in [1.82, 2.24) is 4.90 Å². The number of aliphatic imine (C=N–C) groups is 1. The fourth-order valence-corrected chi connectivity index (χ4v) is 3.04. The van der Waals surface area contributed by atoms with Crippen molar-refractivity contribution in [3.63, 3.8) is 0 Å². The van der Waals surface area contributed by atoms with E-state index >= 15 is 0 Å². The van der Waals surface area contributed by atoms with Crippen molar-refractivity contribution in [2.75, 3.05) is 0 Å². The summed E-state index contributed by atoms with van der Waals surface area (Å²) in [6.45, 7) is 3.14. The summed E-state index contributed by atoms with van der Waals surface area (Å²) in [7, 11) is 0. The SMILES string of the molecule is CCC(=O)N1C(=S)N=C(C)C(C(=O)O)C1c1cccc([N+](=O)[O-])c1. The lowest BCUT2D eigenvalue weighted by Gasteiger charge is -2.38. The Bertz CT molecular complexity index is 761. The van der Waals surface area contributed by atoms with Crippen molar-refractivity contribution in [3.8, 4) is 0 Å². The second-order valence-electron chi connectivity index (χ2n) is 5.27. The van der Waals surface area contributed by atoms with Crippen LogP contribution in [0.1, 0.15) is 31.9 Å². The number of carbonyl (C=O) groups is 2. The minimum atomic E-state index is -1.18. The molecule has 2 unspecified atom stereocenters. The van der Waals surface area contributed by atoms with Gasteiger partial charge < -0.3 is 5.11 Å². The second-order valence-corrected chi connectivity index (χ2v) is 5.63. The molecule has 1 aromatic carbocycles. The van der Waals surface area contributed by atoms with Crippen molar-refractivity contribution < 1.29 is 19.6 Å². The van der Waals surface area contributed by atoms with Crippen LogP contribution in [0.15, 0.2) is 29.3 Å². The number of hydrogen-bond acceptors (Lipinski definition) is 5. The van der Waals surface area contributed by atoms with Crippen LogP contribution in [0.25, 0.3) is 0 Å². The monoisotopic (exact) mass is 349 g/mol. The van der Waals surface area contributed by atoms with Crippen LogP contribution in [0.4, 0.5) is 5.69 Å². The molecule has 1 aromatic rings. The molecular weight excluding hydrogens is 334 g/mol. The van der Waals surface area contributed by atoms with Gasteiger partial charge in [0.25, 0.3) is 5.69 Å². The average Bonchev–Trinajstić information content (AvgIpc) is 2.53. The van der Waals surface area contributed by atoms with Gasteiger partial charge in [0.15, 0.2) is 0 Å². The van der Waals surface area contributed by atoms with Crippen LogP contribution in [0, 0.1) is 16.0 Å². The maximum atomic E-state index is 12.3. The maximum absolute atomic E-state index is 12.3. The Morgan fingerprint density at radius 3 is 2.67 bits per heavy atom. The molecule has 0 saturated heterocycles. The molecule has 1 heterocycles. The normalized spacial score (nSPS) is 20.5. The van der Waals surface area contributed by atoms with Gasteiger partial charge in [-0.3, -0.25) is 24.6 Å². The molecule has 2 atom stereocenters. The largest absolute Gasteiger partial charge is 0.481 e. The van der Waals surface area contributed by atoms with E-state index in [1.807, 2.05) is 0 Å². The number of carboxylic acid groups (broad SMARTS) is 1. The minimum absolute atomic E-state index is 0.0339. The molecule has 0 bridgehead atoms. The number of nitro groups is 1. The van der Waals surface area contributed by atoms with Gasteiger partial charge in [0.05, 0.1) is 11.0 Å². The van der Waals surface area contributed by atoms with E-state index in [0.29, 0.717) is 5.56 Å². The molecule has 1 N–H and O–H groups in total. The third-order valence-electron chi connectivity index (χ3n) is 3.78. The number of benzene rings is 1. The van der Waals surface area contributed by atoms with E-state index in [0.717, 1.165) is 4.90 Å². The maximum Gasteiger partial charge on any atom is 0.314 e. The summed E-state index contributed by atoms with van der Waals surface area (Å²) < 4.78 is 0. The van der Waals surface area contributed by atoms with E-state index in [2.05, 4.69) is 4.99 Å². The highest BCUT2D eigenvalue weighted by molar-refractivity contribution is 7.80. The van der Waals surface area contributed by atoms with E-state index in [1.165, 1.54) is 25.1 Å². The van der Waals surface area contributed by atoms with Crippen LogP contribution in [0.2, 0.25) is 0 Å². The number of thiocarbonyl (C=S) groups is 1. The highest BCUT2D eigenvalue weighted by Crippen LogP contribution is 2.36. The number of aliphatic carboxylic acids is 1. The molecule has 1 amide bonds. The fraction of sp³-hybridized carbons (Fsp3) is 0.333. The standard InChI is InChI=1S/C15H15N3O5S/c1-3-11(19)17-13(9-5-4-6-10(7-9)18(22)23)12(14(20)21)8(2)16-15(17)24/h4-7,12-13H,3H2,1-2H3,(H,20,21). The molecule has 1 aliphatic heterocycles. The number of hydrogen-bond donors (Lipinski definition) is 1. The summed E-state index contributed by atoms with van der Waals surface area (Å²) in [4.78, 5) is 39.6. The van der Waals surface area contributed by atoms with E-state index in [4.69, 9.17) is 12.2 Å². The van der Waals surface area contributed by atoms with Gasteiger partial charge in [-0.15, -0.1) is 0 Å². The van der Waals surface area contributed by atoms with E-state index in [1.54, 1.807) is 13.0 Å². The van der Waals surface area contributed by atoms with Crippen molar-refractivity contribution >= 4 is 40.6 Å². The third kappa shape index (κ3) is 3.16. The van der Waals surface area contributed by atoms with E-state index in [-0.39, 0.29) is 28.8 Å². The quantitative estimate of drug-likeness (QED) is 0.507. The average molecular weight is 349 g/mol. The Hall–Kier alpha value is -2.68. The van der Waals surface area contributed by atoms with E-state index in [9.17, 15) is 24.8 Å². The van der Waals surface area contributed by atoms with Gasteiger partial charge >= 0.3 is 5.97 Å². The number of nitrogens with zero attached hydrogens (tertiary/aromatic N) is 3. The molecule has 8 nitrogen and oxygen atoms in total. The lowest BCUT2D eigenvalue weighted by atomic mass is 9.86. The van der Waals surface area contributed by atoms with Crippen LogP contribution in [0.3, 0.4) is 0 Å². The number of rotatable bonds is 4. The second kappa shape index (κ2) is 6.83. The van der Waals surface area contributed by atoms with Gasteiger partial charge in [-0.1, -0.05) is 19.1 Å². The first kappa shape index (κ1) is 17.7. The van der Waals surface area contributed by atoms with Gasteiger partial charge in [0, 0.05) is 24.3 Å². The topological polar surface area (TPSA) is 113 Å². The van der Waals surface area contributed by atoms with E-state index < -0.39 is 22.9 Å². The Balaban J connectivity index is 2.66. The summed E-state index contributed by atoms with van der Waals surface area (Å²) in [5.74, 6) is -2.70. The Morgan fingerprint density at radius 1 is 1.46 bits per heavy atom. The molecule has 24 heavy (non-hydrogen) atoms. The van der Waals surface area contributed by atoms with Gasteiger partial charge in [-0.2, -0.15) is 0 Å². The fourth-order valence-electron chi connectivity index (χ4n) is 2.68. The summed E-state index contributed by atoms with van der Waals surface area (Å²) in [5.41, 5.74) is 0.394. The third-order valence-corrected chi connectivity index (χ3v) is 4.07. The lowest BCUT2D eigenvalue weighted by Crippen LogP contribution is -2.49. The molecule has 0 fully saturated rings. The number of carbonyl (C=O) groups excluding carboxylic acids is 1. The molecule has 0 spiro atoms. The summed E-state index contributed by atoms with van der Waals surface area (Å²) >= 11 is 5.14. The van der Waals surface area contributed by atoms with Crippen molar-refractivity contribution in [1.29, 1.82) is 0 Å². The number of amides is 1. The van der Waals surface area contributed by atoms with Crippen LogP contribution in [0.5, 0.6) is 0 Å². The van der Waals surface area contributed by atoms with Gasteiger partial charge in [0.2, 0.25) is 11.0 Å². The first-order valence-electron chi connectivity index (χ1n) is 7.16. The zero-order valence-corrected chi connectivity index (χ0v) is 13.8. The summed E-state index contributed by atoms with van der Waals surface area (Å²) in [5, 5.41) is 20.6. The smallest absolute Gasteiger partial charge is 0.314 e. The Kier molecular flexibility index (Phi) is 5.03. The zero-order chi connectivity index (χ0) is 18.0. The summed E-state index contributed by atoms with van der Waals surface area (Å²) in [6.07, 6.45) is 0.104. The van der Waals surface area contributed by atoms with Crippen LogP contribution >= 0.6 is 12.2 Å². The van der Waals surface area contributed by atoms with Crippen molar-refractivity contribution in [2.24, 2.45) is 10.9 Å². The molecule has 1 aliphatic rings. The highest BCUT2D eigenvalue weighted by Gasteiger charge is 2.43. The van der Waals surface area contributed by atoms with Gasteiger partial charge in [0.1, 0.15) is 5.92 Å². The molecule has 0 saturated carbocycles. The first-order chi connectivity index (χ1) is 11.3. The number of nitro benzene ring substituents is 1. The molecule has 0 radical (unpaired) electrons. The van der Waals surface area contributed by atoms with Crippen LogP contribution in [-0.2, 0) is 9.59 Å². The van der Waals surface area contributed by atoms with Crippen LogP contribution < -0.4 is 0 Å². The number of non-ortho nitro benzene ring substituents is 1. The Morgan fingerprint density at radius 2 is 2.12 bits per heavy atom. The zero-order valence-electron chi connectivity index (χ0n) is 13.0. The van der Waals surface area contributed by atoms with Gasteiger partial charge in [-0.05, 0) is 24.7 Å². The molecule has 0 aromatic heterocycles. The predicted octanol–water partition coefficient (Wildman–Crippen LogP) is 2.33. The molecule has 9 heteroatoms. The Labute approximate surface area is 142 Å². The highest BCUT2D eigenvalue weighted by atomic mass is 32.1. The van der Waals surface area contributed by atoms with Gasteiger partial charge in [-0.25, -0.2) is 4.99 Å². The van der Waals surface area contributed by atoms with Crippen LogP contribution in [-0.4, -0.2) is 37.6 Å². The molecule has 2 rings (SSSR count).